The van der Waals surface area contributed by atoms with Crippen molar-refractivity contribution in [1.29, 1.82) is 5.26 Å². The predicted octanol–water partition coefficient (Wildman–Crippen LogP) is 2.48. The summed E-state index contributed by atoms with van der Waals surface area (Å²) in [5.41, 5.74) is 2.41. The van der Waals surface area contributed by atoms with E-state index in [0.29, 0.717) is 17.9 Å². The van der Waals surface area contributed by atoms with Gasteiger partial charge in [-0.15, -0.1) is 0 Å². The lowest BCUT2D eigenvalue weighted by molar-refractivity contribution is 0.871. The number of hydrogen-bond donors (Lipinski definition) is 0. The van der Waals surface area contributed by atoms with Crippen LogP contribution in [-0.4, -0.2) is 21.6 Å². The molecule has 2 heterocycles. The van der Waals surface area contributed by atoms with Gasteiger partial charge >= 0.3 is 0 Å². The van der Waals surface area contributed by atoms with Crippen molar-refractivity contribution in [3.05, 3.63) is 54.1 Å². The predicted molar refractivity (Wildman–Crippen MR) is 81.8 cm³/mol. The third kappa shape index (κ3) is 2.56. The first-order valence-electron chi connectivity index (χ1n) is 6.65. The number of aromatic nitrogens is 3. The van der Waals surface area contributed by atoms with Crippen LogP contribution >= 0.6 is 0 Å². The van der Waals surface area contributed by atoms with Crippen LogP contribution in [0.15, 0.2) is 42.9 Å². The van der Waals surface area contributed by atoms with Crippen LogP contribution in [-0.2, 0) is 13.6 Å². The Morgan fingerprint density at radius 3 is 2.86 bits per heavy atom. The molecule has 0 saturated heterocycles. The minimum Gasteiger partial charge on any atom is -0.353 e. The van der Waals surface area contributed by atoms with Crippen LogP contribution in [0.25, 0.3) is 10.9 Å². The highest BCUT2D eigenvalue weighted by Crippen LogP contribution is 2.23. The van der Waals surface area contributed by atoms with Gasteiger partial charge in [0.25, 0.3) is 0 Å². The van der Waals surface area contributed by atoms with Crippen LogP contribution in [0.4, 0.5) is 5.82 Å². The summed E-state index contributed by atoms with van der Waals surface area (Å²) in [6, 6.07) is 11.9. The van der Waals surface area contributed by atoms with Crippen molar-refractivity contribution in [1.82, 2.24) is 14.5 Å². The monoisotopic (exact) mass is 277 g/mol. The summed E-state index contributed by atoms with van der Waals surface area (Å²) in [6.45, 7) is 0.612. The molecule has 0 unspecified atom stereocenters. The van der Waals surface area contributed by atoms with E-state index in [1.165, 1.54) is 0 Å². The molecule has 0 radical (unpaired) electrons. The van der Waals surface area contributed by atoms with Crippen molar-refractivity contribution in [3.63, 3.8) is 0 Å². The van der Waals surface area contributed by atoms with Crippen LogP contribution in [0.3, 0.4) is 0 Å². The lowest BCUT2D eigenvalue weighted by atomic mass is 10.1. The molecule has 0 saturated carbocycles. The molecule has 5 heteroatoms. The molecule has 21 heavy (non-hydrogen) atoms. The van der Waals surface area contributed by atoms with Gasteiger partial charge in [0.15, 0.2) is 0 Å². The second-order valence-electron chi connectivity index (χ2n) is 5.05. The van der Waals surface area contributed by atoms with E-state index < -0.39 is 0 Å². The summed E-state index contributed by atoms with van der Waals surface area (Å²) in [5, 5.41) is 10.3. The zero-order valence-corrected chi connectivity index (χ0v) is 12.0. The number of fused-ring (bicyclic) bond motifs is 1. The number of benzene rings is 1. The Balaban J connectivity index is 2.00. The largest absolute Gasteiger partial charge is 0.353 e. The van der Waals surface area contributed by atoms with Gasteiger partial charge in [-0.1, -0.05) is 18.2 Å². The fourth-order valence-electron chi connectivity index (χ4n) is 2.35. The maximum atomic E-state index is 9.36. The summed E-state index contributed by atoms with van der Waals surface area (Å²) >= 11 is 0. The SMILES string of the molecule is CN(Cc1cn(C)cn1)c1nc2ccccc2cc1C#N. The third-order valence-corrected chi connectivity index (χ3v) is 3.34. The van der Waals surface area contributed by atoms with Crippen molar-refractivity contribution in [2.24, 2.45) is 7.05 Å². The number of pyridine rings is 1. The quantitative estimate of drug-likeness (QED) is 0.738. The standard InChI is InChI=1S/C16H15N5/c1-20-9-14(18-11-20)10-21(2)16-13(8-17)7-12-5-3-4-6-15(12)19-16/h3-7,9,11H,10H2,1-2H3. The van der Waals surface area contributed by atoms with Gasteiger partial charge in [0.05, 0.1) is 29.6 Å². The number of imidazole rings is 1. The van der Waals surface area contributed by atoms with Gasteiger partial charge in [-0.2, -0.15) is 5.26 Å². The Morgan fingerprint density at radius 2 is 2.14 bits per heavy atom. The molecule has 0 atom stereocenters. The molecule has 0 aliphatic carbocycles. The molecule has 2 aromatic heterocycles. The van der Waals surface area contributed by atoms with Gasteiger partial charge in [0.1, 0.15) is 11.9 Å². The molecule has 0 aliphatic heterocycles. The van der Waals surface area contributed by atoms with E-state index in [2.05, 4.69) is 16.0 Å². The first-order valence-corrected chi connectivity index (χ1v) is 6.65. The highest BCUT2D eigenvalue weighted by Gasteiger charge is 2.12. The number of nitriles is 1. The van der Waals surface area contributed by atoms with E-state index in [9.17, 15) is 5.26 Å². The maximum absolute atomic E-state index is 9.36. The summed E-state index contributed by atoms with van der Waals surface area (Å²) in [6.07, 6.45) is 3.73. The topological polar surface area (TPSA) is 57.7 Å². The minimum absolute atomic E-state index is 0.576. The van der Waals surface area contributed by atoms with E-state index in [1.54, 1.807) is 6.33 Å². The number of aryl methyl sites for hydroxylation is 1. The fourth-order valence-corrected chi connectivity index (χ4v) is 2.35. The summed E-state index contributed by atoms with van der Waals surface area (Å²) < 4.78 is 1.90. The highest BCUT2D eigenvalue weighted by molar-refractivity contribution is 5.83. The summed E-state index contributed by atoms with van der Waals surface area (Å²) in [4.78, 5) is 10.9. The Bertz CT molecular complexity index is 828. The van der Waals surface area contributed by atoms with Crippen LogP contribution in [0.2, 0.25) is 0 Å². The van der Waals surface area contributed by atoms with Gasteiger partial charge in [0, 0.05) is 25.7 Å². The summed E-state index contributed by atoms with van der Waals surface area (Å²) in [7, 11) is 3.86. The van der Waals surface area contributed by atoms with Crippen LogP contribution < -0.4 is 4.90 Å². The Kier molecular flexibility index (Phi) is 3.28. The minimum atomic E-state index is 0.576. The zero-order chi connectivity index (χ0) is 14.8. The number of hydrogen-bond acceptors (Lipinski definition) is 4. The Labute approximate surface area is 123 Å². The second-order valence-corrected chi connectivity index (χ2v) is 5.05. The Hall–Kier alpha value is -2.87. The van der Waals surface area contributed by atoms with E-state index in [-0.39, 0.29) is 0 Å². The maximum Gasteiger partial charge on any atom is 0.147 e. The number of nitrogens with zero attached hydrogens (tertiary/aromatic N) is 5. The molecule has 3 aromatic rings. The van der Waals surface area contributed by atoms with Crippen LogP contribution in [0.5, 0.6) is 0 Å². The first kappa shape index (κ1) is 13.1. The number of anilines is 1. The molecule has 0 aliphatic rings. The summed E-state index contributed by atoms with van der Waals surface area (Å²) in [5.74, 6) is 0.682. The van der Waals surface area contributed by atoms with E-state index in [4.69, 9.17) is 0 Å². The van der Waals surface area contributed by atoms with Gasteiger partial charge in [-0.25, -0.2) is 9.97 Å². The van der Waals surface area contributed by atoms with Crippen LogP contribution in [0.1, 0.15) is 11.3 Å². The van der Waals surface area contributed by atoms with Gasteiger partial charge < -0.3 is 9.47 Å². The van der Waals surface area contributed by atoms with Gasteiger partial charge in [-0.3, -0.25) is 0 Å². The van der Waals surface area contributed by atoms with Crippen molar-refractivity contribution >= 4 is 16.7 Å². The normalized spacial score (nSPS) is 10.5. The lowest BCUT2D eigenvalue weighted by Gasteiger charge is -2.18. The Morgan fingerprint density at radius 1 is 1.33 bits per heavy atom. The average molecular weight is 277 g/mol. The van der Waals surface area contributed by atoms with Crippen molar-refractivity contribution < 1.29 is 0 Å². The molecule has 5 nitrogen and oxygen atoms in total. The second kappa shape index (κ2) is 5.25. The van der Waals surface area contributed by atoms with Gasteiger partial charge in [0.2, 0.25) is 0 Å². The molecular formula is C16H15N5. The van der Waals surface area contributed by atoms with Crippen LogP contribution in [0, 0.1) is 11.3 Å². The van der Waals surface area contributed by atoms with Gasteiger partial charge in [-0.05, 0) is 12.1 Å². The molecule has 0 N–H and O–H groups in total. The van der Waals surface area contributed by atoms with Crippen molar-refractivity contribution in [2.75, 3.05) is 11.9 Å². The highest BCUT2D eigenvalue weighted by atomic mass is 15.2. The zero-order valence-electron chi connectivity index (χ0n) is 12.0. The smallest absolute Gasteiger partial charge is 0.147 e. The number of rotatable bonds is 3. The van der Waals surface area contributed by atoms with Crippen molar-refractivity contribution in [2.45, 2.75) is 6.54 Å². The molecule has 3 rings (SSSR count). The van der Waals surface area contributed by atoms with E-state index >= 15 is 0 Å². The van der Waals surface area contributed by atoms with E-state index in [0.717, 1.165) is 16.6 Å². The molecule has 0 fully saturated rings. The lowest BCUT2D eigenvalue weighted by Crippen LogP contribution is -2.19. The van der Waals surface area contributed by atoms with E-state index in [1.807, 2.05) is 60.1 Å². The average Bonchev–Trinajstić information content (AvgIpc) is 2.90. The molecule has 0 bridgehead atoms. The number of para-hydroxylation sites is 1. The molecular weight excluding hydrogens is 262 g/mol. The molecule has 0 amide bonds. The molecule has 104 valence electrons. The third-order valence-electron chi connectivity index (χ3n) is 3.34. The molecule has 1 aromatic carbocycles. The molecule has 0 spiro atoms. The first-order chi connectivity index (χ1) is 10.2. The van der Waals surface area contributed by atoms with Crippen molar-refractivity contribution in [3.8, 4) is 6.07 Å². The fraction of sp³-hybridized carbons (Fsp3) is 0.188.